The van der Waals surface area contributed by atoms with Crippen molar-refractivity contribution < 1.29 is 4.79 Å². The van der Waals surface area contributed by atoms with Crippen LogP contribution in [0.4, 0.5) is 5.13 Å². The molecule has 2 aromatic rings. The van der Waals surface area contributed by atoms with Crippen LogP contribution in [0.5, 0.6) is 0 Å². The Morgan fingerprint density at radius 1 is 1.42 bits per heavy atom. The van der Waals surface area contributed by atoms with E-state index >= 15 is 0 Å². The van der Waals surface area contributed by atoms with E-state index in [9.17, 15) is 4.79 Å². The third-order valence-corrected chi connectivity index (χ3v) is 5.88. The smallest absolute Gasteiger partial charge is 0.246 e. The van der Waals surface area contributed by atoms with Crippen molar-refractivity contribution in [3.8, 4) is 0 Å². The Balaban J connectivity index is 1.56. The van der Waals surface area contributed by atoms with E-state index < -0.39 is 0 Å². The molecule has 3 rings (SSSR count). The highest BCUT2D eigenvalue weighted by atomic mass is 35.5. The third-order valence-electron chi connectivity index (χ3n) is 3.60. The van der Waals surface area contributed by atoms with Crippen LogP contribution in [-0.2, 0) is 11.2 Å². The highest BCUT2D eigenvalue weighted by Gasteiger charge is 2.16. The summed E-state index contributed by atoms with van der Waals surface area (Å²) in [4.78, 5) is 23.5. The predicted molar refractivity (Wildman–Crippen MR) is 99.5 cm³/mol. The summed E-state index contributed by atoms with van der Waals surface area (Å²) < 4.78 is 0. The van der Waals surface area contributed by atoms with E-state index in [4.69, 9.17) is 11.6 Å². The fourth-order valence-corrected chi connectivity index (χ4v) is 4.25. The largest absolute Gasteiger partial charge is 0.348 e. The lowest BCUT2D eigenvalue weighted by Crippen LogP contribution is -2.29. The monoisotopic (exact) mass is 383 g/mol. The Bertz CT molecular complexity index is 736. The quantitative estimate of drug-likeness (QED) is 0.635. The number of aromatic nitrogens is 2. The molecule has 1 aliphatic heterocycles. The minimum Gasteiger partial charge on any atom is -0.348 e. The zero-order chi connectivity index (χ0) is 16.9. The molecule has 1 saturated heterocycles. The second-order valence-electron chi connectivity index (χ2n) is 5.53. The summed E-state index contributed by atoms with van der Waals surface area (Å²) in [6, 6.07) is 0. The topological polar surface area (TPSA) is 70.5 Å². The van der Waals surface area contributed by atoms with Gasteiger partial charge < -0.3 is 4.90 Å². The highest BCUT2D eigenvalue weighted by Crippen LogP contribution is 2.30. The Labute approximate surface area is 153 Å². The molecule has 0 radical (unpaired) electrons. The molecule has 1 aliphatic rings. The first-order valence-corrected chi connectivity index (χ1v) is 9.83. The van der Waals surface area contributed by atoms with Gasteiger partial charge in [0.1, 0.15) is 0 Å². The first-order valence-electron chi connectivity index (χ1n) is 7.76. The Hall–Kier alpha value is -1.51. The van der Waals surface area contributed by atoms with Gasteiger partial charge in [0.05, 0.1) is 28.2 Å². The van der Waals surface area contributed by atoms with Crippen molar-refractivity contribution in [1.82, 2.24) is 15.4 Å². The molecule has 0 bridgehead atoms. The van der Waals surface area contributed by atoms with E-state index in [0.717, 1.165) is 33.8 Å². The van der Waals surface area contributed by atoms with Crippen molar-refractivity contribution >= 4 is 51.5 Å². The lowest BCUT2D eigenvalue weighted by Gasteiger charge is -2.25. The summed E-state index contributed by atoms with van der Waals surface area (Å²) in [5.41, 5.74) is 3.26. The fourth-order valence-electron chi connectivity index (χ4n) is 2.46. The maximum atomic E-state index is 11.8. The summed E-state index contributed by atoms with van der Waals surface area (Å²) in [7, 11) is 0. The minimum absolute atomic E-state index is 0.201. The van der Waals surface area contributed by atoms with E-state index in [0.29, 0.717) is 5.15 Å². The Morgan fingerprint density at radius 2 is 2.21 bits per heavy atom. The van der Waals surface area contributed by atoms with Crippen LogP contribution in [0.25, 0.3) is 0 Å². The summed E-state index contributed by atoms with van der Waals surface area (Å²) in [5, 5.41) is 8.15. The highest BCUT2D eigenvalue weighted by molar-refractivity contribution is 7.17. The van der Waals surface area contributed by atoms with Crippen LogP contribution in [0, 0.1) is 6.92 Å². The number of piperidine rings is 1. The molecule has 1 amide bonds. The number of hydrogen-bond acceptors (Lipinski definition) is 7. The predicted octanol–water partition coefficient (Wildman–Crippen LogP) is 3.24. The molecular weight excluding hydrogens is 366 g/mol. The molecule has 128 valence electrons. The fraction of sp³-hybridized carbons (Fsp3) is 0.467. The average molecular weight is 384 g/mol. The lowest BCUT2D eigenvalue weighted by atomic mass is 10.1. The number of nitrogens with one attached hydrogen (secondary N) is 1. The number of anilines is 1. The average Bonchev–Trinajstić information content (AvgIpc) is 3.14. The first kappa shape index (κ1) is 17.3. The van der Waals surface area contributed by atoms with E-state index in [-0.39, 0.29) is 12.3 Å². The number of amides is 1. The van der Waals surface area contributed by atoms with Crippen molar-refractivity contribution in [2.75, 3.05) is 18.0 Å². The number of thiazole rings is 2. The van der Waals surface area contributed by atoms with Gasteiger partial charge in [0.15, 0.2) is 10.3 Å². The molecule has 0 atom stereocenters. The zero-order valence-corrected chi connectivity index (χ0v) is 15.7. The van der Waals surface area contributed by atoms with Crippen LogP contribution in [0.1, 0.15) is 34.8 Å². The van der Waals surface area contributed by atoms with Gasteiger partial charge in [-0.1, -0.05) is 22.9 Å². The van der Waals surface area contributed by atoms with Gasteiger partial charge in [-0.25, -0.2) is 15.4 Å². The summed E-state index contributed by atoms with van der Waals surface area (Å²) >= 11 is 9.20. The molecule has 0 saturated carbocycles. The number of hydrazone groups is 1. The van der Waals surface area contributed by atoms with Gasteiger partial charge >= 0.3 is 0 Å². The third kappa shape index (κ3) is 4.52. The number of hydrogen-bond donors (Lipinski definition) is 1. The normalized spacial score (nSPS) is 15.2. The molecule has 2 aromatic heterocycles. The molecule has 9 heteroatoms. The zero-order valence-electron chi connectivity index (χ0n) is 13.3. The number of aryl methyl sites for hydroxylation is 1. The van der Waals surface area contributed by atoms with E-state index in [1.807, 2.05) is 12.3 Å². The van der Waals surface area contributed by atoms with Gasteiger partial charge in [0.25, 0.3) is 0 Å². The van der Waals surface area contributed by atoms with E-state index in [1.165, 1.54) is 41.9 Å². The van der Waals surface area contributed by atoms with Gasteiger partial charge in [-0.15, -0.1) is 11.3 Å². The van der Waals surface area contributed by atoms with Crippen molar-refractivity contribution in [3.05, 3.63) is 26.1 Å². The van der Waals surface area contributed by atoms with Crippen LogP contribution in [0.15, 0.2) is 10.5 Å². The molecule has 3 heterocycles. The van der Waals surface area contributed by atoms with Crippen LogP contribution < -0.4 is 10.3 Å². The number of rotatable bonds is 5. The van der Waals surface area contributed by atoms with Crippen LogP contribution in [0.3, 0.4) is 0 Å². The molecule has 24 heavy (non-hydrogen) atoms. The van der Waals surface area contributed by atoms with Crippen molar-refractivity contribution in [2.24, 2.45) is 5.10 Å². The SMILES string of the molecule is Cc1nc(CC(=O)N/N=C\c2sc(N3CCCCC3)nc2Cl)cs1. The van der Waals surface area contributed by atoms with Crippen molar-refractivity contribution in [3.63, 3.8) is 0 Å². The molecule has 0 unspecified atom stereocenters. The molecule has 6 nitrogen and oxygen atoms in total. The molecule has 0 spiro atoms. The van der Waals surface area contributed by atoms with Gasteiger partial charge in [-0.3, -0.25) is 4.79 Å². The Morgan fingerprint density at radius 3 is 2.92 bits per heavy atom. The van der Waals surface area contributed by atoms with Crippen molar-refractivity contribution in [2.45, 2.75) is 32.6 Å². The van der Waals surface area contributed by atoms with E-state index in [2.05, 4.69) is 25.4 Å². The summed E-state index contributed by atoms with van der Waals surface area (Å²) in [6.07, 6.45) is 5.42. The summed E-state index contributed by atoms with van der Waals surface area (Å²) in [5.74, 6) is -0.201. The second kappa shape index (κ2) is 8.04. The van der Waals surface area contributed by atoms with Crippen LogP contribution >= 0.6 is 34.3 Å². The molecule has 1 fully saturated rings. The van der Waals surface area contributed by atoms with Gasteiger partial charge in [0.2, 0.25) is 5.91 Å². The van der Waals surface area contributed by atoms with Crippen LogP contribution in [-0.4, -0.2) is 35.2 Å². The van der Waals surface area contributed by atoms with Gasteiger partial charge in [-0.2, -0.15) is 5.10 Å². The van der Waals surface area contributed by atoms with Crippen LogP contribution in [0.2, 0.25) is 5.15 Å². The lowest BCUT2D eigenvalue weighted by molar-refractivity contribution is -0.120. The van der Waals surface area contributed by atoms with Gasteiger partial charge in [-0.05, 0) is 26.2 Å². The number of halogens is 1. The van der Waals surface area contributed by atoms with Gasteiger partial charge in [0, 0.05) is 18.5 Å². The molecule has 1 N–H and O–H groups in total. The second-order valence-corrected chi connectivity index (χ2v) is 7.96. The first-order chi connectivity index (χ1) is 11.6. The molecular formula is C15H18ClN5OS2. The number of carbonyl (C=O) groups excluding carboxylic acids is 1. The van der Waals surface area contributed by atoms with E-state index in [1.54, 1.807) is 6.21 Å². The standard InChI is InChI=1S/C15H18ClN5OS2/c1-10-18-11(9-23-10)7-13(22)20-17-8-12-14(16)19-15(24-12)21-5-3-2-4-6-21/h8-9H,2-7H2,1H3,(H,20,22)/b17-8-. The maximum absolute atomic E-state index is 11.8. The Kier molecular flexibility index (Phi) is 5.80. The molecule has 0 aliphatic carbocycles. The number of carbonyl (C=O) groups is 1. The van der Waals surface area contributed by atoms with Crippen molar-refractivity contribution in [1.29, 1.82) is 0 Å². The summed E-state index contributed by atoms with van der Waals surface area (Å²) in [6.45, 7) is 3.95. The maximum Gasteiger partial charge on any atom is 0.246 e. The number of nitrogens with zero attached hydrogens (tertiary/aromatic N) is 4. The minimum atomic E-state index is -0.201. The molecule has 0 aromatic carbocycles.